The summed E-state index contributed by atoms with van der Waals surface area (Å²) in [5.41, 5.74) is 9.73. The van der Waals surface area contributed by atoms with E-state index < -0.39 is 0 Å². The first-order chi connectivity index (χ1) is 9.29. The fourth-order valence-corrected chi connectivity index (χ4v) is 2.48. The Morgan fingerprint density at radius 2 is 1.89 bits per heavy atom. The van der Waals surface area contributed by atoms with E-state index in [2.05, 4.69) is 23.2 Å². The molecule has 19 heavy (non-hydrogen) atoms. The SMILES string of the molecule is NCc1ccc(-c2cccc3cccnc23)cc1Cl. The van der Waals surface area contributed by atoms with Gasteiger partial charge in [-0.25, -0.2) is 0 Å². The smallest absolute Gasteiger partial charge is 0.0780 e. The first-order valence-electron chi connectivity index (χ1n) is 6.12. The Morgan fingerprint density at radius 1 is 1.05 bits per heavy atom. The number of fused-ring (bicyclic) bond motifs is 1. The minimum absolute atomic E-state index is 0.451. The van der Waals surface area contributed by atoms with Gasteiger partial charge in [0.1, 0.15) is 0 Å². The van der Waals surface area contributed by atoms with Crippen molar-refractivity contribution in [2.24, 2.45) is 5.73 Å². The van der Waals surface area contributed by atoms with Gasteiger partial charge in [-0.05, 0) is 23.3 Å². The molecule has 1 heterocycles. The third-order valence-corrected chi connectivity index (χ3v) is 3.57. The average Bonchev–Trinajstić information content (AvgIpc) is 2.46. The van der Waals surface area contributed by atoms with Gasteiger partial charge in [-0.1, -0.05) is 48.0 Å². The molecule has 94 valence electrons. The lowest BCUT2D eigenvalue weighted by Gasteiger charge is -2.08. The van der Waals surface area contributed by atoms with E-state index in [9.17, 15) is 0 Å². The van der Waals surface area contributed by atoms with E-state index in [1.54, 1.807) is 0 Å². The number of nitrogens with zero attached hydrogens (tertiary/aromatic N) is 1. The molecule has 0 fully saturated rings. The zero-order chi connectivity index (χ0) is 13.2. The second-order valence-corrected chi connectivity index (χ2v) is 4.80. The zero-order valence-electron chi connectivity index (χ0n) is 10.3. The zero-order valence-corrected chi connectivity index (χ0v) is 11.1. The van der Waals surface area contributed by atoms with Crippen molar-refractivity contribution in [2.45, 2.75) is 6.54 Å². The molecular formula is C16H13ClN2. The monoisotopic (exact) mass is 268 g/mol. The summed E-state index contributed by atoms with van der Waals surface area (Å²) in [5, 5.41) is 1.83. The van der Waals surface area contributed by atoms with E-state index in [4.69, 9.17) is 17.3 Å². The Labute approximate surface area is 116 Å². The number of nitrogens with two attached hydrogens (primary N) is 1. The van der Waals surface area contributed by atoms with E-state index in [-0.39, 0.29) is 0 Å². The third-order valence-electron chi connectivity index (χ3n) is 3.22. The maximum absolute atomic E-state index is 6.23. The van der Waals surface area contributed by atoms with Gasteiger partial charge in [-0.3, -0.25) is 4.98 Å². The van der Waals surface area contributed by atoms with Crippen molar-refractivity contribution in [3.05, 3.63) is 65.3 Å². The fourth-order valence-electron chi connectivity index (χ4n) is 2.22. The van der Waals surface area contributed by atoms with Gasteiger partial charge >= 0.3 is 0 Å². The molecule has 0 atom stereocenters. The second kappa shape index (κ2) is 5.00. The van der Waals surface area contributed by atoms with Gasteiger partial charge in [0, 0.05) is 28.7 Å². The van der Waals surface area contributed by atoms with Crippen LogP contribution in [0.2, 0.25) is 5.02 Å². The lowest BCUT2D eigenvalue weighted by Crippen LogP contribution is -1.97. The Bertz CT molecular complexity index is 732. The van der Waals surface area contributed by atoms with Crippen molar-refractivity contribution in [1.82, 2.24) is 4.98 Å². The standard InChI is InChI=1S/C16H13ClN2/c17-15-9-12(6-7-13(15)10-18)14-5-1-3-11-4-2-8-19-16(11)14/h1-9H,10,18H2. The topological polar surface area (TPSA) is 38.9 Å². The van der Waals surface area contributed by atoms with Crippen LogP contribution in [0.15, 0.2) is 54.7 Å². The van der Waals surface area contributed by atoms with Crippen molar-refractivity contribution < 1.29 is 0 Å². The van der Waals surface area contributed by atoms with Crippen LogP contribution in [-0.4, -0.2) is 4.98 Å². The molecule has 3 rings (SSSR count). The van der Waals surface area contributed by atoms with Crippen molar-refractivity contribution in [2.75, 3.05) is 0 Å². The largest absolute Gasteiger partial charge is 0.326 e. The van der Waals surface area contributed by atoms with Crippen molar-refractivity contribution in [3.8, 4) is 11.1 Å². The van der Waals surface area contributed by atoms with Gasteiger partial charge in [0.25, 0.3) is 0 Å². The van der Waals surface area contributed by atoms with E-state index >= 15 is 0 Å². The molecule has 2 nitrogen and oxygen atoms in total. The van der Waals surface area contributed by atoms with Crippen LogP contribution in [0.5, 0.6) is 0 Å². The quantitative estimate of drug-likeness (QED) is 0.763. The number of hydrogen-bond donors (Lipinski definition) is 1. The first-order valence-corrected chi connectivity index (χ1v) is 6.50. The number of aromatic nitrogens is 1. The average molecular weight is 269 g/mol. The summed E-state index contributed by atoms with van der Waals surface area (Å²) in [7, 11) is 0. The van der Waals surface area contributed by atoms with Crippen LogP contribution in [0.25, 0.3) is 22.0 Å². The molecule has 2 aromatic carbocycles. The highest BCUT2D eigenvalue weighted by Gasteiger charge is 2.06. The summed E-state index contributed by atoms with van der Waals surface area (Å²) < 4.78 is 0. The summed E-state index contributed by atoms with van der Waals surface area (Å²) in [4.78, 5) is 4.46. The van der Waals surface area contributed by atoms with Crippen LogP contribution >= 0.6 is 11.6 Å². The van der Waals surface area contributed by atoms with Gasteiger partial charge < -0.3 is 5.73 Å². The highest BCUT2D eigenvalue weighted by molar-refractivity contribution is 6.31. The van der Waals surface area contributed by atoms with Gasteiger partial charge in [0.2, 0.25) is 0 Å². The molecule has 0 saturated heterocycles. The summed E-state index contributed by atoms with van der Waals surface area (Å²) in [6, 6.07) is 16.1. The Kier molecular flexibility index (Phi) is 3.20. The van der Waals surface area contributed by atoms with Crippen LogP contribution < -0.4 is 5.73 Å². The molecule has 3 heteroatoms. The lowest BCUT2D eigenvalue weighted by molar-refractivity contribution is 1.07. The van der Waals surface area contributed by atoms with Crippen LogP contribution in [0, 0.1) is 0 Å². The predicted molar refractivity (Wildman–Crippen MR) is 80.1 cm³/mol. The minimum Gasteiger partial charge on any atom is -0.326 e. The maximum Gasteiger partial charge on any atom is 0.0780 e. The lowest BCUT2D eigenvalue weighted by atomic mass is 10.0. The molecular weight excluding hydrogens is 256 g/mol. The molecule has 2 N–H and O–H groups in total. The molecule has 0 aliphatic rings. The highest BCUT2D eigenvalue weighted by Crippen LogP contribution is 2.30. The first kappa shape index (κ1) is 12.2. The Morgan fingerprint density at radius 3 is 2.68 bits per heavy atom. The van der Waals surface area contributed by atoms with Crippen LogP contribution in [0.4, 0.5) is 0 Å². The highest BCUT2D eigenvalue weighted by atomic mass is 35.5. The van der Waals surface area contributed by atoms with Crippen LogP contribution in [0.3, 0.4) is 0 Å². The Balaban J connectivity index is 2.22. The van der Waals surface area contributed by atoms with E-state index in [1.165, 1.54) is 0 Å². The molecule has 0 aliphatic heterocycles. The third kappa shape index (κ3) is 2.21. The molecule has 0 saturated carbocycles. The molecule has 0 amide bonds. The van der Waals surface area contributed by atoms with Gasteiger partial charge in [0.15, 0.2) is 0 Å². The normalized spacial score (nSPS) is 10.8. The summed E-state index contributed by atoms with van der Waals surface area (Å²) in [5.74, 6) is 0. The number of halogens is 1. The fraction of sp³-hybridized carbons (Fsp3) is 0.0625. The van der Waals surface area contributed by atoms with Crippen molar-refractivity contribution in [1.29, 1.82) is 0 Å². The van der Waals surface area contributed by atoms with Crippen molar-refractivity contribution >= 4 is 22.5 Å². The molecule has 3 aromatic rings. The number of pyridine rings is 1. The van der Waals surface area contributed by atoms with Crippen molar-refractivity contribution in [3.63, 3.8) is 0 Å². The van der Waals surface area contributed by atoms with Crippen LogP contribution in [-0.2, 0) is 6.54 Å². The summed E-state index contributed by atoms with van der Waals surface area (Å²) >= 11 is 6.23. The minimum atomic E-state index is 0.451. The van der Waals surface area contributed by atoms with E-state index in [1.807, 2.05) is 36.5 Å². The predicted octanol–water partition coefficient (Wildman–Crippen LogP) is 4.01. The van der Waals surface area contributed by atoms with Gasteiger partial charge in [-0.15, -0.1) is 0 Å². The van der Waals surface area contributed by atoms with Crippen LogP contribution in [0.1, 0.15) is 5.56 Å². The van der Waals surface area contributed by atoms with E-state index in [0.29, 0.717) is 11.6 Å². The maximum atomic E-state index is 6.23. The molecule has 0 radical (unpaired) electrons. The number of para-hydroxylation sites is 1. The van der Waals surface area contributed by atoms with E-state index in [0.717, 1.165) is 27.6 Å². The molecule has 1 aromatic heterocycles. The second-order valence-electron chi connectivity index (χ2n) is 4.39. The molecule has 0 aliphatic carbocycles. The number of hydrogen-bond acceptors (Lipinski definition) is 2. The number of rotatable bonds is 2. The van der Waals surface area contributed by atoms with Gasteiger partial charge in [0.05, 0.1) is 5.52 Å². The Hall–Kier alpha value is -1.90. The molecule has 0 spiro atoms. The summed E-state index contributed by atoms with van der Waals surface area (Å²) in [6.45, 7) is 0.451. The molecule has 0 bridgehead atoms. The molecule has 0 unspecified atom stereocenters. The number of benzene rings is 2. The van der Waals surface area contributed by atoms with Gasteiger partial charge in [-0.2, -0.15) is 0 Å². The summed E-state index contributed by atoms with van der Waals surface area (Å²) in [6.07, 6.45) is 1.81.